The van der Waals surface area contributed by atoms with Crippen LogP contribution in [0.4, 0.5) is 25.1 Å². The summed E-state index contributed by atoms with van der Waals surface area (Å²) in [6, 6.07) is 3.76. The number of imidazole rings is 1. The van der Waals surface area contributed by atoms with Crippen molar-refractivity contribution in [3.63, 3.8) is 0 Å². The number of aromatic nitrogens is 2. The van der Waals surface area contributed by atoms with Crippen LogP contribution in [-0.4, -0.2) is 53.3 Å². The van der Waals surface area contributed by atoms with Crippen LogP contribution < -0.4 is 20.7 Å². The van der Waals surface area contributed by atoms with Crippen molar-refractivity contribution in [1.82, 2.24) is 9.55 Å². The van der Waals surface area contributed by atoms with Crippen LogP contribution in [0.15, 0.2) is 24.4 Å². The number of carbonyl (C=O) groups excluding carboxylic acids is 2. The van der Waals surface area contributed by atoms with E-state index in [1.165, 1.54) is 6.92 Å². The molecule has 0 spiro atoms. The van der Waals surface area contributed by atoms with Gasteiger partial charge in [0.15, 0.2) is 5.82 Å². The molecule has 2 aromatic rings. The molecule has 1 saturated heterocycles. The van der Waals surface area contributed by atoms with Gasteiger partial charge < -0.3 is 25.1 Å². The molecule has 3 heterocycles. The van der Waals surface area contributed by atoms with Gasteiger partial charge in [0.05, 0.1) is 18.7 Å². The van der Waals surface area contributed by atoms with Gasteiger partial charge in [-0.3, -0.25) is 4.79 Å². The average Bonchev–Trinajstić information content (AvgIpc) is 3.15. The van der Waals surface area contributed by atoms with E-state index in [2.05, 4.69) is 10.3 Å². The normalized spacial score (nSPS) is 20.6. The molecule has 29 heavy (non-hydrogen) atoms. The van der Waals surface area contributed by atoms with E-state index in [1.807, 2.05) is 0 Å². The molecule has 1 aromatic heterocycles. The molecule has 0 saturated carbocycles. The summed E-state index contributed by atoms with van der Waals surface area (Å²) in [5, 5.41) is 2.88. The van der Waals surface area contributed by atoms with Crippen molar-refractivity contribution in [2.24, 2.45) is 5.73 Å². The number of nitrogens with one attached hydrogen (secondary N) is 1. The molecule has 2 amide bonds. The van der Waals surface area contributed by atoms with Gasteiger partial charge in [0.2, 0.25) is 5.91 Å². The minimum absolute atomic E-state index is 0.0260. The van der Waals surface area contributed by atoms with Gasteiger partial charge in [-0.2, -0.15) is 0 Å². The quantitative estimate of drug-likeness (QED) is 0.782. The summed E-state index contributed by atoms with van der Waals surface area (Å²) in [5.74, 6) is 0.595. The fraction of sp³-hybridized carbons (Fsp3) is 0.389. The first-order valence-corrected chi connectivity index (χ1v) is 8.99. The molecular weight excluding hydrogens is 388 g/mol. The second-order valence-corrected chi connectivity index (χ2v) is 6.78. The molecular formula is C18H19F2N5O4. The number of fused-ring (bicyclic) bond motifs is 3. The third-order valence-electron chi connectivity index (χ3n) is 4.81. The molecule has 2 unspecified atom stereocenters. The van der Waals surface area contributed by atoms with Crippen molar-refractivity contribution in [2.75, 3.05) is 23.4 Å². The van der Waals surface area contributed by atoms with Gasteiger partial charge in [0.1, 0.15) is 30.3 Å². The summed E-state index contributed by atoms with van der Waals surface area (Å²) in [7, 11) is 0. The van der Waals surface area contributed by atoms with Crippen LogP contribution in [0, 0.1) is 0 Å². The van der Waals surface area contributed by atoms with Gasteiger partial charge in [-0.15, -0.1) is 0 Å². The number of amides is 2. The standard InChI is InChI=1S/C18H19F2N5O4/c1-9-15(16(19)20)25(18(27)29-9)14-8-24-4-5-28-12-6-10(22-7-13(21)26)2-3-11(12)17(24)23-14/h2-3,6,8-9,15-16,22H,4-5,7H2,1H3,(H2,21,26). The van der Waals surface area contributed by atoms with Crippen LogP contribution in [0.5, 0.6) is 5.75 Å². The van der Waals surface area contributed by atoms with Gasteiger partial charge in [-0.05, 0) is 19.1 Å². The van der Waals surface area contributed by atoms with Crippen molar-refractivity contribution in [2.45, 2.75) is 32.0 Å². The zero-order valence-corrected chi connectivity index (χ0v) is 15.5. The molecule has 3 N–H and O–H groups in total. The van der Waals surface area contributed by atoms with Crippen molar-refractivity contribution >= 4 is 23.5 Å². The molecule has 0 aliphatic carbocycles. The Hall–Kier alpha value is -3.37. The Kier molecular flexibility index (Phi) is 4.73. The van der Waals surface area contributed by atoms with Gasteiger partial charge >= 0.3 is 6.09 Å². The number of alkyl halides is 2. The lowest BCUT2D eigenvalue weighted by Gasteiger charge is -2.20. The second-order valence-electron chi connectivity index (χ2n) is 6.78. The fourth-order valence-electron chi connectivity index (χ4n) is 3.46. The van der Waals surface area contributed by atoms with E-state index in [1.54, 1.807) is 29.0 Å². The van der Waals surface area contributed by atoms with Gasteiger partial charge in [0, 0.05) is 18.0 Å². The maximum atomic E-state index is 13.5. The minimum atomic E-state index is -2.77. The first-order chi connectivity index (χ1) is 13.8. The number of carbonyl (C=O) groups is 2. The Balaban J connectivity index is 1.69. The van der Waals surface area contributed by atoms with Crippen LogP contribution in [0.1, 0.15) is 6.92 Å². The number of nitrogens with zero attached hydrogens (tertiary/aromatic N) is 3. The van der Waals surface area contributed by atoms with E-state index in [0.717, 1.165) is 4.90 Å². The smallest absolute Gasteiger partial charge is 0.416 e. The number of hydrogen-bond acceptors (Lipinski definition) is 6. The molecule has 9 nitrogen and oxygen atoms in total. The number of hydrogen-bond donors (Lipinski definition) is 2. The Bertz CT molecular complexity index is 964. The number of primary amides is 1. The van der Waals surface area contributed by atoms with E-state index < -0.39 is 30.6 Å². The van der Waals surface area contributed by atoms with E-state index in [4.69, 9.17) is 15.2 Å². The van der Waals surface area contributed by atoms with Crippen molar-refractivity contribution in [3.8, 4) is 17.1 Å². The van der Waals surface area contributed by atoms with Crippen LogP contribution in [0.25, 0.3) is 11.4 Å². The third kappa shape index (κ3) is 3.43. The number of halogens is 2. The monoisotopic (exact) mass is 407 g/mol. The number of rotatable bonds is 5. The van der Waals surface area contributed by atoms with Gasteiger partial charge in [-0.1, -0.05) is 0 Å². The van der Waals surface area contributed by atoms with E-state index >= 15 is 0 Å². The van der Waals surface area contributed by atoms with Crippen molar-refractivity contribution < 1.29 is 27.8 Å². The number of nitrogens with two attached hydrogens (primary N) is 1. The summed E-state index contributed by atoms with van der Waals surface area (Å²) in [5.41, 5.74) is 6.41. The SMILES string of the molecule is CC1OC(=O)N(c2cn3c(n2)-c2ccc(NCC(N)=O)cc2OCC3)C1C(F)F. The maximum absolute atomic E-state index is 13.5. The first kappa shape index (κ1) is 19.0. The minimum Gasteiger partial charge on any atom is -0.491 e. The molecule has 11 heteroatoms. The molecule has 4 rings (SSSR count). The van der Waals surface area contributed by atoms with Crippen LogP contribution >= 0.6 is 0 Å². The summed E-state index contributed by atoms with van der Waals surface area (Å²) in [6.45, 7) is 2.13. The number of anilines is 2. The zero-order chi connectivity index (χ0) is 20.7. The van der Waals surface area contributed by atoms with E-state index in [9.17, 15) is 18.4 Å². The van der Waals surface area contributed by atoms with E-state index in [-0.39, 0.29) is 12.4 Å². The third-order valence-corrected chi connectivity index (χ3v) is 4.81. The lowest BCUT2D eigenvalue weighted by atomic mass is 10.1. The second kappa shape index (κ2) is 7.22. The van der Waals surface area contributed by atoms with Crippen LogP contribution in [0.2, 0.25) is 0 Å². The topological polar surface area (TPSA) is 112 Å². The van der Waals surface area contributed by atoms with Crippen LogP contribution in [0.3, 0.4) is 0 Å². The van der Waals surface area contributed by atoms with Crippen LogP contribution in [-0.2, 0) is 16.1 Å². The molecule has 1 aromatic carbocycles. The number of benzene rings is 1. The summed E-state index contributed by atoms with van der Waals surface area (Å²) in [4.78, 5) is 28.4. The van der Waals surface area contributed by atoms with Crippen molar-refractivity contribution in [3.05, 3.63) is 24.4 Å². The Morgan fingerprint density at radius 1 is 1.45 bits per heavy atom. The summed E-state index contributed by atoms with van der Waals surface area (Å²) in [6.07, 6.45) is -3.02. The predicted octanol–water partition coefficient (Wildman–Crippen LogP) is 1.82. The predicted molar refractivity (Wildman–Crippen MR) is 99.1 cm³/mol. The highest BCUT2D eigenvalue weighted by atomic mass is 19.3. The summed E-state index contributed by atoms with van der Waals surface area (Å²) >= 11 is 0. The highest BCUT2D eigenvalue weighted by Crippen LogP contribution is 2.37. The first-order valence-electron chi connectivity index (χ1n) is 8.99. The van der Waals surface area contributed by atoms with Gasteiger partial charge in [-0.25, -0.2) is 23.5 Å². The van der Waals surface area contributed by atoms with Crippen molar-refractivity contribution in [1.29, 1.82) is 0 Å². The molecule has 2 aliphatic heterocycles. The average molecular weight is 407 g/mol. The lowest BCUT2D eigenvalue weighted by molar-refractivity contribution is -0.116. The number of ether oxygens (including phenoxy) is 2. The maximum Gasteiger partial charge on any atom is 0.416 e. The molecule has 0 radical (unpaired) electrons. The fourth-order valence-corrected chi connectivity index (χ4v) is 3.46. The zero-order valence-electron chi connectivity index (χ0n) is 15.5. The molecule has 2 aliphatic rings. The molecule has 1 fully saturated rings. The Morgan fingerprint density at radius 2 is 2.24 bits per heavy atom. The summed E-state index contributed by atoms with van der Waals surface area (Å²) < 4.78 is 39.5. The molecule has 2 atom stereocenters. The Morgan fingerprint density at radius 3 is 2.97 bits per heavy atom. The molecule has 0 bridgehead atoms. The highest BCUT2D eigenvalue weighted by molar-refractivity contribution is 5.90. The largest absolute Gasteiger partial charge is 0.491 e. The van der Waals surface area contributed by atoms with Gasteiger partial charge in [0.25, 0.3) is 6.43 Å². The number of cyclic esters (lactones) is 1. The lowest BCUT2D eigenvalue weighted by Crippen LogP contribution is -2.41. The highest BCUT2D eigenvalue weighted by Gasteiger charge is 2.47. The van der Waals surface area contributed by atoms with E-state index in [0.29, 0.717) is 36.0 Å². The molecule has 154 valence electrons. The Labute approximate surface area is 164 Å².